The molecule has 1 N–H and O–H groups in total. The average Bonchev–Trinajstić information content (AvgIpc) is 3.28. The summed E-state index contributed by atoms with van der Waals surface area (Å²) in [6, 6.07) is 4.30. The lowest BCUT2D eigenvalue weighted by Gasteiger charge is -2.22. The third-order valence-corrected chi connectivity index (χ3v) is 5.85. The summed E-state index contributed by atoms with van der Waals surface area (Å²) in [5.74, 6) is 1.78. The Bertz CT molecular complexity index is 1090. The fraction of sp³-hybridized carbons (Fsp3) is 0.278. The molecule has 10 heteroatoms. The van der Waals surface area contributed by atoms with E-state index < -0.39 is 23.3 Å². The summed E-state index contributed by atoms with van der Waals surface area (Å²) in [5.41, 5.74) is -2.17. The van der Waals surface area contributed by atoms with Gasteiger partial charge in [0.15, 0.2) is 17.0 Å². The van der Waals surface area contributed by atoms with Crippen LogP contribution in [0.4, 0.5) is 13.2 Å². The number of amides is 1. The molecule has 3 heterocycles. The molecule has 0 bridgehead atoms. The molecule has 1 atom stereocenters. The van der Waals surface area contributed by atoms with Crippen LogP contribution in [0, 0.1) is 12.3 Å². The Morgan fingerprint density at radius 1 is 1.46 bits per heavy atom. The van der Waals surface area contributed by atoms with Gasteiger partial charge in [-0.25, -0.2) is 9.50 Å². The molecule has 0 saturated carbocycles. The number of fused-ring (bicyclic) bond motifs is 1. The molecule has 0 spiro atoms. The summed E-state index contributed by atoms with van der Waals surface area (Å²) in [7, 11) is 0. The first kappa shape index (κ1) is 20.4. The zero-order valence-electron chi connectivity index (χ0n) is 14.8. The molecule has 0 fully saturated rings. The van der Waals surface area contributed by atoms with Crippen molar-refractivity contribution in [2.24, 2.45) is 0 Å². The van der Waals surface area contributed by atoms with Gasteiger partial charge in [0.1, 0.15) is 0 Å². The fourth-order valence-electron chi connectivity index (χ4n) is 2.43. The molecule has 0 radical (unpaired) electrons. The van der Waals surface area contributed by atoms with Crippen LogP contribution in [-0.2, 0) is 6.18 Å². The van der Waals surface area contributed by atoms with Crippen LogP contribution in [0.3, 0.4) is 0 Å². The molecule has 1 amide bonds. The predicted octanol–water partition coefficient (Wildman–Crippen LogP) is 4.77. The van der Waals surface area contributed by atoms with Crippen LogP contribution in [0.15, 0.2) is 28.1 Å². The summed E-state index contributed by atoms with van der Waals surface area (Å²) >= 11 is 4.44. The monoisotopic (exact) mass is 470 g/mol. The standard InChI is InChI=1S/C18H14BrF3N4OS/c1-4-17(3,5-2)24-16(27)14-13(19)15-23-10(11-7-6-8-28-11)9-12(18(20,21)22)26(15)25-14/h1,6-9H,5H2,2-3H3,(H,24,27)/t17-/m1/s1. The molecule has 3 rings (SSSR count). The first-order chi connectivity index (χ1) is 13.1. The largest absolute Gasteiger partial charge is 0.433 e. The van der Waals surface area contributed by atoms with Crippen molar-refractivity contribution < 1.29 is 18.0 Å². The van der Waals surface area contributed by atoms with Crippen LogP contribution in [0.5, 0.6) is 0 Å². The molecule has 0 aliphatic carbocycles. The van der Waals surface area contributed by atoms with Crippen LogP contribution in [0.25, 0.3) is 16.2 Å². The number of halogens is 4. The van der Waals surface area contributed by atoms with E-state index in [-0.39, 0.29) is 21.5 Å². The molecule has 5 nitrogen and oxygen atoms in total. The zero-order chi connectivity index (χ0) is 20.7. The molecule has 0 aliphatic rings. The van der Waals surface area contributed by atoms with Gasteiger partial charge in [-0.1, -0.05) is 18.9 Å². The Balaban J connectivity index is 2.19. The third-order valence-electron chi connectivity index (χ3n) is 4.23. The topological polar surface area (TPSA) is 59.3 Å². The van der Waals surface area contributed by atoms with E-state index in [0.717, 1.165) is 6.07 Å². The number of hydrogen-bond donors (Lipinski definition) is 1. The first-order valence-electron chi connectivity index (χ1n) is 8.10. The third kappa shape index (κ3) is 3.64. The molecular formula is C18H14BrF3N4OS. The smallest absolute Gasteiger partial charge is 0.335 e. The number of nitrogens with zero attached hydrogens (tertiary/aromatic N) is 3. The predicted molar refractivity (Wildman–Crippen MR) is 104 cm³/mol. The van der Waals surface area contributed by atoms with Crippen molar-refractivity contribution in [3.8, 4) is 22.9 Å². The lowest BCUT2D eigenvalue weighted by molar-refractivity contribution is -0.142. The van der Waals surface area contributed by atoms with E-state index in [4.69, 9.17) is 6.42 Å². The molecule has 0 aliphatic heterocycles. The van der Waals surface area contributed by atoms with E-state index in [0.29, 0.717) is 15.8 Å². The number of terminal acetylenes is 1. The lowest BCUT2D eigenvalue weighted by Crippen LogP contribution is -2.44. The number of alkyl halides is 3. The van der Waals surface area contributed by atoms with Crippen molar-refractivity contribution >= 4 is 38.8 Å². The highest BCUT2D eigenvalue weighted by Gasteiger charge is 2.37. The summed E-state index contributed by atoms with van der Waals surface area (Å²) in [6.45, 7) is 3.43. The van der Waals surface area contributed by atoms with Gasteiger partial charge in [-0.2, -0.15) is 18.3 Å². The van der Waals surface area contributed by atoms with Gasteiger partial charge in [-0.3, -0.25) is 4.79 Å². The minimum Gasteiger partial charge on any atom is -0.335 e. The van der Waals surface area contributed by atoms with E-state index in [1.807, 2.05) is 0 Å². The molecule has 146 valence electrons. The second-order valence-electron chi connectivity index (χ2n) is 6.18. The van der Waals surface area contributed by atoms with Gasteiger partial charge < -0.3 is 5.32 Å². The lowest BCUT2D eigenvalue weighted by atomic mass is 10.0. The van der Waals surface area contributed by atoms with Crippen molar-refractivity contribution in [1.82, 2.24) is 19.9 Å². The molecule has 28 heavy (non-hydrogen) atoms. The van der Waals surface area contributed by atoms with Gasteiger partial charge in [0, 0.05) is 0 Å². The van der Waals surface area contributed by atoms with Gasteiger partial charge in [0.25, 0.3) is 5.91 Å². The van der Waals surface area contributed by atoms with E-state index in [1.54, 1.807) is 31.4 Å². The van der Waals surface area contributed by atoms with E-state index >= 15 is 0 Å². The number of carbonyl (C=O) groups is 1. The number of rotatable bonds is 4. The van der Waals surface area contributed by atoms with Crippen molar-refractivity contribution in [2.75, 3.05) is 0 Å². The molecule has 0 aromatic carbocycles. The molecule has 0 saturated heterocycles. The van der Waals surface area contributed by atoms with Crippen molar-refractivity contribution in [3.05, 3.63) is 39.4 Å². The molecule has 3 aromatic rings. The second kappa shape index (κ2) is 7.22. The number of thiophene rings is 1. The fourth-order valence-corrected chi connectivity index (χ4v) is 3.63. The van der Waals surface area contributed by atoms with Crippen LogP contribution >= 0.6 is 27.3 Å². The van der Waals surface area contributed by atoms with Gasteiger partial charge >= 0.3 is 6.18 Å². The average molecular weight is 471 g/mol. The highest BCUT2D eigenvalue weighted by Crippen LogP contribution is 2.35. The Kier molecular flexibility index (Phi) is 5.25. The first-order valence-corrected chi connectivity index (χ1v) is 9.77. The van der Waals surface area contributed by atoms with Crippen molar-refractivity contribution in [1.29, 1.82) is 0 Å². The van der Waals surface area contributed by atoms with Crippen LogP contribution in [0.1, 0.15) is 36.5 Å². The molecular weight excluding hydrogens is 457 g/mol. The summed E-state index contributed by atoms with van der Waals surface area (Å²) < 4.78 is 41.6. The van der Waals surface area contributed by atoms with E-state index in [9.17, 15) is 18.0 Å². The highest BCUT2D eigenvalue weighted by molar-refractivity contribution is 9.10. The number of hydrogen-bond acceptors (Lipinski definition) is 4. The van der Waals surface area contributed by atoms with Gasteiger partial charge in [-0.05, 0) is 46.8 Å². The Morgan fingerprint density at radius 3 is 2.71 bits per heavy atom. The van der Waals surface area contributed by atoms with Crippen LogP contribution < -0.4 is 5.32 Å². The Morgan fingerprint density at radius 2 is 2.18 bits per heavy atom. The zero-order valence-corrected chi connectivity index (χ0v) is 17.2. The van der Waals surface area contributed by atoms with Crippen molar-refractivity contribution in [3.63, 3.8) is 0 Å². The molecule has 3 aromatic heterocycles. The summed E-state index contributed by atoms with van der Waals surface area (Å²) in [5, 5.41) is 8.23. The summed E-state index contributed by atoms with van der Waals surface area (Å²) in [4.78, 5) is 17.5. The maximum Gasteiger partial charge on any atom is 0.433 e. The quantitative estimate of drug-likeness (QED) is 0.558. The van der Waals surface area contributed by atoms with E-state index in [2.05, 4.69) is 37.2 Å². The Labute approximate surface area is 171 Å². The van der Waals surface area contributed by atoms with Gasteiger partial charge in [-0.15, -0.1) is 17.8 Å². The summed E-state index contributed by atoms with van der Waals surface area (Å²) in [6.07, 6.45) is 1.20. The number of carbonyl (C=O) groups excluding carboxylic acids is 1. The minimum absolute atomic E-state index is 0.0596. The van der Waals surface area contributed by atoms with Crippen LogP contribution in [0.2, 0.25) is 0 Å². The number of aromatic nitrogens is 3. The highest BCUT2D eigenvalue weighted by atomic mass is 79.9. The molecule has 0 unspecified atom stereocenters. The Hall–Kier alpha value is -2.38. The number of nitrogens with one attached hydrogen (secondary N) is 1. The van der Waals surface area contributed by atoms with Crippen LogP contribution in [-0.4, -0.2) is 26.0 Å². The maximum absolute atomic E-state index is 13.6. The van der Waals surface area contributed by atoms with Gasteiger partial charge in [0.05, 0.1) is 20.6 Å². The van der Waals surface area contributed by atoms with E-state index in [1.165, 1.54) is 11.3 Å². The maximum atomic E-state index is 13.6. The second-order valence-corrected chi connectivity index (χ2v) is 7.92. The minimum atomic E-state index is -4.69. The SMILES string of the molecule is C#C[C@](C)(CC)NC(=O)c1nn2c(C(F)(F)F)cc(-c3cccs3)nc2c1Br. The van der Waals surface area contributed by atoms with Gasteiger partial charge in [0.2, 0.25) is 0 Å². The van der Waals surface area contributed by atoms with Crippen molar-refractivity contribution in [2.45, 2.75) is 32.0 Å². The normalized spacial score (nSPS) is 13.9.